The SMILES string of the molecule is Cc1c(F)cccc1NC(C)CCc1ccco1. The van der Waals surface area contributed by atoms with Crippen molar-refractivity contribution in [2.45, 2.75) is 32.7 Å². The summed E-state index contributed by atoms with van der Waals surface area (Å²) in [6, 6.07) is 9.25. The largest absolute Gasteiger partial charge is 0.469 e. The quantitative estimate of drug-likeness (QED) is 0.858. The Morgan fingerprint density at radius 3 is 2.83 bits per heavy atom. The second-order valence-corrected chi connectivity index (χ2v) is 4.58. The fraction of sp³-hybridized carbons (Fsp3) is 0.333. The highest BCUT2D eigenvalue weighted by Crippen LogP contribution is 2.19. The van der Waals surface area contributed by atoms with Crippen LogP contribution in [0.25, 0.3) is 0 Å². The molecule has 0 aliphatic carbocycles. The van der Waals surface area contributed by atoms with Gasteiger partial charge in [-0.15, -0.1) is 0 Å². The second kappa shape index (κ2) is 5.71. The zero-order valence-corrected chi connectivity index (χ0v) is 10.7. The minimum atomic E-state index is -0.168. The molecule has 0 aliphatic rings. The number of nitrogens with one attached hydrogen (secondary N) is 1. The van der Waals surface area contributed by atoms with Gasteiger partial charge in [0, 0.05) is 23.7 Å². The van der Waals surface area contributed by atoms with Gasteiger partial charge in [-0.3, -0.25) is 0 Å². The smallest absolute Gasteiger partial charge is 0.128 e. The van der Waals surface area contributed by atoms with Crippen LogP contribution in [-0.4, -0.2) is 6.04 Å². The molecule has 96 valence electrons. The Balaban J connectivity index is 1.90. The predicted octanol–water partition coefficient (Wildman–Crippen LogP) is 4.16. The van der Waals surface area contributed by atoms with Crippen molar-refractivity contribution in [2.75, 3.05) is 5.32 Å². The van der Waals surface area contributed by atoms with Crippen molar-refractivity contribution >= 4 is 5.69 Å². The first kappa shape index (κ1) is 12.7. The molecule has 1 atom stereocenters. The van der Waals surface area contributed by atoms with E-state index < -0.39 is 0 Å². The molecule has 3 heteroatoms. The average Bonchev–Trinajstić information content (AvgIpc) is 2.86. The number of aryl methyl sites for hydroxylation is 1. The van der Waals surface area contributed by atoms with Crippen LogP contribution in [0.5, 0.6) is 0 Å². The predicted molar refractivity (Wildman–Crippen MR) is 71.3 cm³/mol. The fourth-order valence-electron chi connectivity index (χ4n) is 1.92. The van der Waals surface area contributed by atoms with Gasteiger partial charge in [-0.2, -0.15) is 0 Å². The molecule has 0 amide bonds. The number of furan rings is 1. The number of halogens is 1. The Kier molecular flexibility index (Phi) is 4.03. The topological polar surface area (TPSA) is 25.2 Å². The number of rotatable bonds is 5. The number of anilines is 1. The van der Waals surface area contributed by atoms with Crippen LogP contribution in [0.2, 0.25) is 0 Å². The van der Waals surface area contributed by atoms with Crippen molar-refractivity contribution in [3.05, 3.63) is 53.7 Å². The molecule has 1 aromatic carbocycles. The second-order valence-electron chi connectivity index (χ2n) is 4.58. The van der Waals surface area contributed by atoms with Crippen molar-refractivity contribution < 1.29 is 8.81 Å². The van der Waals surface area contributed by atoms with E-state index in [1.165, 1.54) is 6.07 Å². The Morgan fingerprint density at radius 2 is 2.11 bits per heavy atom. The molecule has 0 fully saturated rings. The van der Waals surface area contributed by atoms with Crippen LogP contribution in [0.3, 0.4) is 0 Å². The molecule has 1 heterocycles. The summed E-state index contributed by atoms with van der Waals surface area (Å²) < 4.78 is 18.7. The lowest BCUT2D eigenvalue weighted by atomic mass is 10.1. The van der Waals surface area contributed by atoms with Crippen molar-refractivity contribution in [3.63, 3.8) is 0 Å². The van der Waals surface area contributed by atoms with E-state index in [9.17, 15) is 4.39 Å². The van der Waals surface area contributed by atoms with Gasteiger partial charge in [0.05, 0.1) is 6.26 Å². The summed E-state index contributed by atoms with van der Waals surface area (Å²) in [4.78, 5) is 0. The summed E-state index contributed by atoms with van der Waals surface area (Å²) in [5.41, 5.74) is 1.53. The normalized spacial score (nSPS) is 12.4. The van der Waals surface area contributed by atoms with Gasteiger partial charge in [0.25, 0.3) is 0 Å². The molecular weight excluding hydrogens is 229 g/mol. The van der Waals surface area contributed by atoms with Crippen LogP contribution in [0.15, 0.2) is 41.0 Å². The summed E-state index contributed by atoms with van der Waals surface area (Å²) in [5.74, 6) is 0.817. The van der Waals surface area contributed by atoms with E-state index in [4.69, 9.17) is 4.42 Å². The van der Waals surface area contributed by atoms with Gasteiger partial charge in [-0.25, -0.2) is 4.39 Å². The first-order chi connectivity index (χ1) is 8.66. The molecule has 18 heavy (non-hydrogen) atoms. The third-order valence-corrected chi connectivity index (χ3v) is 3.07. The standard InChI is InChI=1S/C15H18FNO/c1-11(8-9-13-5-4-10-18-13)17-15-7-3-6-14(16)12(15)2/h3-7,10-11,17H,8-9H2,1-2H3. The zero-order chi connectivity index (χ0) is 13.0. The first-order valence-electron chi connectivity index (χ1n) is 6.21. The lowest BCUT2D eigenvalue weighted by Crippen LogP contribution is -2.16. The van der Waals surface area contributed by atoms with Crippen molar-refractivity contribution in [3.8, 4) is 0 Å². The van der Waals surface area contributed by atoms with Crippen LogP contribution < -0.4 is 5.32 Å². The fourth-order valence-corrected chi connectivity index (χ4v) is 1.92. The highest BCUT2D eigenvalue weighted by atomic mass is 19.1. The molecule has 0 spiro atoms. The van der Waals surface area contributed by atoms with Gasteiger partial charge in [-0.1, -0.05) is 6.07 Å². The molecule has 0 saturated heterocycles. The van der Waals surface area contributed by atoms with Gasteiger partial charge in [0.1, 0.15) is 11.6 Å². The van der Waals surface area contributed by atoms with E-state index in [0.717, 1.165) is 24.3 Å². The van der Waals surface area contributed by atoms with Crippen molar-refractivity contribution in [1.29, 1.82) is 0 Å². The molecule has 0 radical (unpaired) electrons. The number of benzene rings is 1. The Bertz CT molecular complexity index is 493. The lowest BCUT2D eigenvalue weighted by molar-refractivity contribution is 0.495. The Hall–Kier alpha value is -1.77. The summed E-state index contributed by atoms with van der Waals surface area (Å²) in [6.07, 6.45) is 3.52. The molecule has 1 unspecified atom stereocenters. The maximum atomic E-state index is 13.4. The Morgan fingerprint density at radius 1 is 1.28 bits per heavy atom. The van der Waals surface area contributed by atoms with Crippen LogP contribution in [0.4, 0.5) is 10.1 Å². The maximum Gasteiger partial charge on any atom is 0.128 e. The van der Waals surface area contributed by atoms with Crippen LogP contribution in [-0.2, 0) is 6.42 Å². The van der Waals surface area contributed by atoms with E-state index in [2.05, 4.69) is 12.2 Å². The van der Waals surface area contributed by atoms with E-state index in [1.807, 2.05) is 18.2 Å². The molecule has 2 nitrogen and oxygen atoms in total. The van der Waals surface area contributed by atoms with E-state index in [-0.39, 0.29) is 11.9 Å². The minimum Gasteiger partial charge on any atom is -0.469 e. The average molecular weight is 247 g/mol. The summed E-state index contributed by atoms with van der Waals surface area (Å²) in [6.45, 7) is 3.88. The molecule has 1 N–H and O–H groups in total. The summed E-state index contributed by atoms with van der Waals surface area (Å²) in [7, 11) is 0. The molecule has 2 rings (SSSR count). The van der Waals surface area contributed by atoms with Crippen LogP contribution in [0, 0.1) is 12.7 Å². The maximum absolute atomic E-state index is 13.4. The summed E-state index contributed by atoms with van der Waals surface area (Å²) >= 11 is 0. The molecule has 0 aliphatic heterocycles. The van der Waals surface area contributed by atoms with Crippen molar-refractivity contribution in [2.24, 2.45) is 0 Å². The molecule has 1 aromatic heterocycles. The third kappa shape index (κ3) is 3.13. The van der Waals surface area contributed by atoms with Crippen molar-refractivity contribution in [1.82, 2.24) is 0 Å². The lowest BCUT2D eigenvalue weighted by Gasteiger charge is -2.16. The first-order valence-corrected chi connectivity index (χ1v) is 6.21. The Labute approximate surface area is 107 Å². The molecular formula is C15H18FNO. The van der Waals surface area contributed by atoms with E-state index in [0.29, 0.717) is 5.56 Å². The highest BCUT2D eigenvalue weighted by molar-refractivity contribution is 5.51. The van der Waals surface area contributed by atoms with Gasteiger partial charge in [-0.05, 0) is 44.5 Å². The van der Waals surface area contributed by atoms with Gasteiger partial charge >= 0.3 is 0 Å². The molecule has 2 aromatic rings. The van der Waals surface area contributed by atoms with Gasteiger partial charge in [0.2, 0.25) is 0 Å². The third-order valence-electron chi connectivity index (χ3n) is 3.07. The van der Waals surface area contributed by atoms with E-state index in [1.54, 1.807) is 19.3 Å². The van der Waals surface area contributed by atoms with Gasteiger partial charge < -0.3 is 9.73 Å². The number of hydrogen-bond acceptors (Lipinski definition) is 2. The molecule has 0 bridgehead atoms. The van der Waals surface area contributed by atoms with Gasteiger partial charge in [0.15, 0.2) is 0 Å². The molecule has 0 saturated carbocycles. The van der Waals surface area contributed by atoms with Crippen LogP contribution in [0.1, 0.15) is 24.7 Å². The minimum absolute atomic E-state index is 0.168. The summed E-state index contributed by atoms with van der Waals surface area (Å²) in [5, 5.41) is 3.33. The monoisotopic (exact) mass is 247 g/mol. The van der Waals surface area contributed by atoms with E-state index >= 15 is 0 Å². The van der Waals surface area contributed by atoms with Crippen LogP contribution >= 0.6 is 0 Å². The zero-order valence-electron chi connectivity index (χ0n) is 10.7. The number of hydrogen-bond donors (Lipinski definition) is 1. The highest BCUT2D eigenvalue weighted by Gasteiger charge is 2.07.